The van der Waals surface area contributed by atoms with Gasteiger partial charge in [-0.25, -0.2) is 18.1 Å². The Hall–Kier alpha value is -0.590. The molecule has 80 valence electrons. The van der Waals surface area contributed by atoms with E-state index in [1.807, 2.05) is 6.92 Å². The van der Waals surface area contributed by atoms with Crippen LogP contribution in [0.3, 0.4) is 0 Å². The Balaban J connectivity index is 2.52. The van der Waals surface area contributed by atoms with Crippen molar-refractivity contribution in [2.75, 3.05) is 6.54 Å². The molecule has 1 atom stereocenters. The quantitative estimate of drug-likeness (QED) is 0.741. The number of alkyl halides is 1. The summed E-state index contributed by atoms with van der Waals surface area (Å²) in [5, 5.41) is 0.0270. The van der Waals surface area contributed by atoms with Gasteiger partial charge < -0.3 is 4.98 Å². The summed E-state index contributed by atoms with van der Waals surface area (Å²) in [6, 6.07) is 0. The first-order chi connectivity index (χ1) is 6.52. The zero-order chi connectivity index (χ0) is 10.6. The first-order valence-electron chi connectivity index (χ1n) is 4.14. The smallest absolute Gasteiger partial charge is 0.257 e. The van der Waals surface area contributed by atoms with Crippen LogP contribution in [0, 0.1) is 0 Å². The van der Waals surface area contributed by atoms with Crippen LogP contribution in [0.4, 0.5) is 0 Å². The molecule has 0 aliphatic rings. The highest BCUT2D eigenvalue weighted by Crippen LogP contribution is 2.03. The Bertz CT molecular complexity index is 360. The molecule has 0 bridgehead atoms. The molecule has 0 amide bonds. The third-order valence-electron chi connectivity index (χ3n) is 1.60. The zero-order valence-electron chi connectivity index (χ0n) is 7.70. The second-order valence-electron chi connectivity index (χ2n) is 2.88. The largest absolute Gasteiger partial charge is 0.335 e. The van der Waals surface area contributed by atoms with E-state index in [0.29, 0.717) is 13.0 Å². The molecular formula is C7H12ClN3O2S. The summed E-state index contributed by atoms with van der Waals surface area (Å²) in [6.07, 6.45) is 3.17. The van der Waals surface area contributed by atoms with Crippen molar-refractivity contribution in [3.63, 3.8) is 0 Å². The van der Waals surface area contributed by atoms with Crippen molar-refractivity contribution in [3.05, 3.63) is 12.5 Å². The SMILES string of the molecule is CC(Cl)CCNS(=O)(=O)c1cnc[nH]1. The van der Waals surface area contributed by atoms with Gasteiger partial charge in [-0.15, -0.1) is 11.6 Å². The van der Waals surface area contributed by atoms with Crippen LogP contribution in [0.15, 0.2) is 17.6 Å². The molecule has 2 N–H and O–H groups in total. The topological polar surface area (TPSA) is 74.8 Å². The summed E-state index contributed by atoms with van der Waals surface area (Å²) in [5.74, 6) is 0. The number of nitrogens with one attached hydrogen (secondary N) is 2. The molecule has 7 heteroatoms. The molecule has 1 aromatic heterocycles. The molecule has 0 radical (unpaired) electrons. The van der Waals surface area contributed by atoms with E-state index >= 15 is 0 Å². The molecule has 14 heavy (non-hydrogen) atoms. The number of hydrogen-bond donors (Lipinski definition) is 2. The number of hydrogen-bond acceptors (Lipinski definition) is 3. The Labute approximate surface area is 87.9 Å². The van der Waals surface area contributed by atoms with Crippen LogP contribution in [0.5, 0.6) is 0 Å². The van der Waals surface area contributed by atoms with Crippen molar-refractivity contribution >= 4 is 21.6 Å². The van der Waals surface area contributed by atoms with Crippen LogP contribution in [-0.4, -0.2) is 30.3 Å². The van der Waals surface area contributed by atoms with Crippen molar-refractivity contribution < 1.29 is 8.42 Å². The van der Waals surface area contributed by atoms with Gasteiger partial charge in [-0.05, 0) is 13.3 Å². The predicted octanol–water partition coefficient (Wildman–Crippen LogP) is 0.705. The van der Waals surface area contributed by atoms with Crippen LogP contribution in [0.2, 0.25) is 0 Å². The van der Waals surface area contributed by atoms with E-state index < -0.39 is 10.0 Å². The third kappa shape index (κ3) is 3.28. The lowest BCUT2D eigenvalue weighted by atomic mass is 10.3. The lowest BCUT2D eigenvalue weighted by Gasteiger charge is -2.05. The predicted molar refractivity (Wildman–Crippen MR) is 53.7 cm³/mol. The maximum Gasteiger partial charge on any atom is 0.257 e. The van der Waals surface area contributed by atoms with Gasteiger partial charge in [0.15, 0.2) is 5.03 Å². The average Bonchev–Trinajstić information content (AvgIpc) is 2.54. The van der Waals surface area contributed by atoms with Gasteiger partial charge in [-0.3, -0.25) is 0 Å². The lowest BCUT2D eigenvalue weighted by molar-refractivity contribution is 0.575. The van der Waals surface area contributed by atoms with Crippen molar-refractivity contribution in [1.82, 2.24) is 14.7 Å². The van der Waals surface area contributed by atoms with Crippen molar-refractivity contribution in [2.24, 2.45) is 0 Å². The number of H-pyrrole nitrogens is 1. The van der Waals surface area contributed by atoms with Crippen LogP contribution >= 0.6 is 11.6 Å². The highest BCUT2D eigenvalue weighted by molar-refractivity contribution is 7.89. The number of aromatic amines is 1. The Morgan fingerprint density at radius 1 is 1.71 bits per heavy atom. The van der Waals surface area contributed by atoms with Gasteiger partial charge in [0, 0.05) is 11.9 Å². The minimum atomic E-state index is -3.44. The molecule has 1 heterocycles. The monoisotopic (exact) mass is 237 g/mol. The molecule has 0 aliphatic heterocycles. The van der Waals surface area contributed by atoms with E-state index in [1.165, 1.54) is 12.5 Å². The summed E-state index contributed by atoms with van der Waals surface area (Å²) in [4.78, 5) is 6.15. The van der Waals surface area contributed by atoms with E-state index in [2.05, 4.69) is 14.7 Å². The normalized spacial score (nSPS) is 14.1. The molecule has 0 spiro atoms. The molecule has 1 rings (SSSR count). The number of nitrogens with zero attached hydrogens (tertiary/aromatic N) is 1. The first-order valence-corrected chi connectivity index (χ1v) is 6.06. The average molecular weight is 238 g/mol. The standard InChI is InChI=1S/C7H12ClN3O2S/c1-6(8)2-3-11-14(12,13)7-4-9-5-10-7/h4-6,11H,2-3H2,1H3,(H,9,10). The van der Waals surface area contributed by atoms with Crippen molar-refractivity contribution in [2.45, 2.75) is 23.7 Å². The van der Waals surface area contributed by atoms with Gasteiger partial charge in [0.1, 0.15) is 0 Å². The summed E-state index contributed by atoms with van der Waals surface area (Å²) < 4.78 is 25.3. The molecule has 0 aliphatic carbocycles. The van der Waals surface area contributed by atoms with Gasteiger partial charge >= 0.3 is 0 Å². The van der Waals surface area contributed by atoms with Crippen molar-refractivity contribution in [1.29, 1.82) is 0 Å². The Morgan fingerprint density at radius 3 is 2.93 bits per heavy atom. The molecular weight excluding hydrogens is 226 g/mol. The zero-order valence-corrected chi connectivity index (χ0v) is 9.27. The number of halogens is 1. The molecule has 0 saturated heterocycles. The fourth-order valence-corrected chi connectivity index (χ4v) is 1.92. The fourth-order valence-electron chi connectivity index (χ4n) is 0.860. The second kappa shape index (κ2) is 4.77. The Kier molecular flexibility index (Phi) is 3.91. The molecule has 1 unspecified atom stereocenters. The van der Waals surface area contributed by atoms with E-state index in [0.717, 1.165) is 0 Å². The molecule has 5 nitrogen and oxygen atoms in total. The number of aromatic nitrogens is 2. The summed E-state index contributed by atoms with van der Waals surface area (Å²) in [6.45, 7) is 2.14. The van der Waals surface area contributed by atoms with Crippen molar-refractivity contribution in [3.8, 4) is 0 Å². The Morgan fingerprint density at radius 2 is 2.43 bits per heavy atom. The van der Waals surface area contributed by atoms with Gasteiger partial charge in [0.25, 0.3) is 10.0 Å². The second-order valence-corrected chi connectivity index (χ2v) is 5.36. The van der Waals surface area contributed by atoms with Gasteiger partial charge in [0.05, 0.1) is 12.5 Å². The van der Waals surface area contributed by atoms with E-state index in [4.69, 9.17) is 11.6 Å². The molecule has 1 aromatic rings. The first kappa shape index (κ1) is 11.5. The molecule has 0 fully saturated rings. The minimum Gasteiger partial charge on any atom is -0.335 e. The third-order valence-corrected chi connectivity index (χ3v) is 3.20. The summed E-state index contributed by atoms with van der Waals surface area (Å²) >= 11 is 5.68. The number of imidazole rings is 1. The minimum absolute atomic E-state index is 0.0422. The number of rotatable bonds is 5. The fraction of sp³-hybridized carbons (Fsp3) is 0.571. The van der Waals surface area contributed by atoms with Crippen LogP contribution in [0.1, 0.15) is 13.3 Å². The maximum atomic E-state index is 11.4. The highest BCUT2D eigenvalue weighted by Gasteiger charge is 2.14. The van der Waals surface area contributed by atoms with Crippen LogP contribution < -0.4 is 4.72 Å². The van der Waals surface area contributed by atoms with Crippen LogP contribution in [-0.2, 0) is 10.0 Å². The van der Waals surface area contributed by atoms with Gasteiger partial charge in [0.2, 0.25) is 0 Å². The summed E-state index contributed by atoms with van der Waals surface area (Å²) in [7, 11) is -3.44. The van der Waals surface area contributed by atoms with E-state index in [9.17, 15) is 8.42 Å². The molecule has 0 saturated carbocycles. The van der Waals surface area contributed by atoms with E-state index in [1.54, 1.807) is 0 Å². The summed E-state index contributed by atoms with van der Waals surface area (Å²) in [5.41, 5.74) is 0. The highest BCUT2D eigenvalue weighted by atomic mass is 35.5. The lowest BCUT2D eigenvalue weighted by Crippen LogP contribution is -2.26. The van der Waals surface area contributed by atoms with Gasteiger partial charge in [-0.2, -0.15) is 0 Å². The van der Waals surface area contributed by atoms with E-state index in [-0.39, 0.29) is 10.4 Å². The van der Waals surface area contributed by atoms with Crippen LogP contribution in [0.25, 0.3) is 0 Å². The molecule has 0 aromatic carbocycles. The maximum absolute atomic E-state index is 11.4. The number of sulfonamides is 1. The van der Waals surface area contributed by atoms with Gasteiger partial charge in [-0.1, -0.05) is 0 Å².